The molecule has 0 fully saturated rings. The van der Waals surface area contributed by atoms with E-state index < -0.39 is 6.16 Å². The van der Waals surface area contributed by atoms with Gasteiger partial charge in [0.05, 0.1) is 0 Å². The van der Waals surface area contributed by atoms with Crippen molar-refractivity contribution >= 4 is 6.16 Å². The summed E-state index contributed by atoms with van der Waals surface area (Å²) in [7, 11) is 0. The minimum absolute atomic E-state index is 0.402. The molecular formula is C17H18O3. The lowest BCUT2D eigenvalue weighted by Gasteiger charge is -2.16. The van der Waals surface area contributed by atoms with E-state index >= 15 is 0 Å². The number of rotatable bonds is 2. The van der Waals surface area contributed by atoms with Crippen LogP contribution in [0.5, 0.6) is 5.75 Å². The normalized spacial score (nSPS) is 10.4. The summed E-state index contributed by atoms with van der Waals surface area (Å²) >= 11 is 0. The number of carbonyl (C=O) groups is 1. The number of hydrogen-bond acceptors (Lipinski definition) is 2. The molecule has 0 unspecified atom stereocenters. The van der Waals surface area contributed by atoms with Gasteiger partial charge in [0.25, 0.3) is 0 Å². The topological polar surface area (TPSA) is 46.5 Å². The zero-order valence-corrected chi connectivity index (χ0v) is 12.2. The molecule has 0 heterocycles. The predicted molar refractivity (Wildman–Crippen MR) is 79.5 cm³/mol. The summed E-state index contributed by atoms with van der Waals surface area (Å²) in [5.74, 6) is 0.402. The maximum Gasteiger partial charge on any atom is 0.511 e. The number of hydrogen-bond donors (Lipinski definition) is 1. The van der Waals surface area contributed by atoms with Crippen molar-refractivity contribution in [2.45, 2.75) is 27.7 Å². The number of aryl methyl sites for hydroxylation is 1. The molecule has 20 heavy (non-hydrogen) atoms. The van der Waals surface area contributed by atoms with E-state index in [1.54, 1.807) is 0 Å². The molecule has 3 heteroatoms. The van der Waals surface area contributed by atoms with Gasteiger partial charge in [-0.15, -0.1) is 0 Å². The van der Waals surface area contributed by atoms with Gasteiger partial charge in [0.2, 0.25) is 0 Å². The van der Waals surface area contributed by atoms with Crippen molar-refractivity contribution in [3.63, 3.8) is 0 Å². The highest BCUT2D eigenvalue weighted by Gasteiger charge is 2.15. The predicted octanol–water partition coefficient (Wildman–Crippen LogP) is 4.64. The van der Waals surface area contributed by atoms with E-state index in [1.807, 2.05) is 51.1 Å². The molecule has 2 rings (SSSR count). The molecule has 1 N–H and O–H groups in total. The second-order valence-electron chi connectivity index (χ2n) is 4.98. The van der Waals surface area contributed by atoms with E-state index in [0.717, 1.165) is 33.4 Å². The maximum atomic E-state index is 10.8. The zero-order valence-electron chi connectivity index (χ0n) is 12.2. The third-order valence-electron chi connectivity index (χ3n) is 3.81. The van der Waals surface area contributed by atoms with Crippen molar-refractivity contribution in [2.75, 3.05) is 0 Å². The molecule has 0 amide bonds. The molecule has 2 aromatic rings. The van der Waals surface area contributed by atoms with Gasteiger partial charge in [0.15, 0.2) is 0 Å². The van der Waals surface area contributed by atoms with Gasteiger partial charge in [0.1, 0.15) is 5.75 Å². The molecule has 104 valence electrons. The molecule has 0 aliphatic carbocycles. The highest BCUT2D eigenvalue weighted by Crippen LogP contribution is 2.35. The monoisotopic (exact) mass is 270 g/mol. The van der Waals surface area contributed by atoms with Crippen LogP contribution in [0.3, 0.4) is 0 Å². The van der Waals surface area contributed by atoms with Crippen LogP contribution in [0.25, 0.3) is 11.1 Å². The lowest BCUT2D eigenvalue weighted by atomic mass is 9.91. The fourth-order valence-corrected chi connectivity index (χ4v) is 2.37. The first-order valence-electron chi connectivity index (χ1n) is 6.49. The van der Waals surface area contributed by atoms with Crippen LogP contribution < -0.4 is 4.74 Å². The Morgan fingerprint density at radius 1 is 0.950 bits per heavy atom. The molecule has 0 spiro atoms. The number of benzene rings is 2. The quantitative estimate of drug-likeness (QED) is 0.638. The average Bonchev–Trinajstić information content (AvgIpc) is 2.40. The van der Waals surface area contributed by atoms with Crippen molar-refractivity contribution in [1.29, 1.82) is 0 Å². The van der Waals surface area contributed by atoms with Crippen LogP contribution in [-0.4, -0.2) is 11.3 Å². The van der Waals surface area contributed by atoms with E-state index in [-0.39, 0.29) is 0 Å². The molecule has 0 radical (unpaired) electrons. The average molecular weight is 270 g/mol. The van der Waals surface area contributed by atoms with E-state index in [9.17, 15) is 4.79 Å². The Morgan fingerprint density at radius 2 is 1.60 bits per heavy atom. The SMILES string of the molecule is Cc1ccccc1-c1cc(OC(=O)O)c(C)c(C)c1C. The molecule has 0 aliphatic heterocycles. The van der Waals surface area contributed by atoms with Gasteiger partial charge in [-0.1, -0.05) is 24.3 Å². The van der Waals surface area contributed by atoms with Gasteiger partial charge in [-0.3, -0.25) is 0 Å². The Kier molecular flexibility index (Phi) is 3.79. The van der Waals surface area contributed by atoms with Crippen molar-refractivity contribution in [2.24, 2.45) is 0 Å². The Bertz CT molecular complexity index is 672. The summed E-state index contributed by atoms with van der Waals surface area (Å²) < 4.78 is 4.90. The number of carboxylic acid groups (broad SMARTS) is 1. The third-order valence-corrected chi connectivity index (χ3v) is 3.81. The highest BCUT2D eigenvalue weighted by molar-refractivity contribution is 5.75. The fourth-order valence-electron chi connectivity index (χ4n) is 2.37. The van der Waals surface area contributed by atoms with Gasteiger partial charge in [-0.2, -0.15) is 0 Å². The molecule has 0 saturated carbocycles. The first-order valence-corrected chi connectivity index (χ1v) is 6.49. The lowest BCUT2D eigenvalue weighted by molar-refractivity contribution is 0.144. The van der Waals surface area contributed by atoms with E-state index in [4.69, 9.17) is 9.84 Å². The summed E-state index contributed by atoms with van der Waals surface area (Å²) in [6, 6.07) is 9.87. The highest BCUT2D eigenvalue weighted by atomic mass is 16.7. The maximum absolute atomic E-state index is 10.8. The Labute approximate surface area is 118 Å². The molecule has 3 nitrogen and oxygen atoms in total. The second kappa shape index (κ2) is 5.37. The first-order chi connectivity index (χ1) is 9.41. The Balaban J connectivity index is 2.68. The summed E-state index contributed by atoms with van der Waals surface area (Å²) in [4.78, 5) is 10.8. The number of ether oxygens (including phenoxy) is 1. The zero-order chi connectivity index (χ0) is 14.9. The van der Waals surface area contributed by atoms with Gasteiger partial charge in [-0.25, -0.2) is 4.79 Å². The van der Waals surface area contributed by atoms with Crippen molar-refractivity contribution in [3.8, 4) is 16.9 Å². The molecule has 0 aromatic heterocycles. The van der Waals surface area contributed by atoms with Crippen LogP contribution in [0, 0.1) is 27.7 Å². The molecule has 2 aromatic carbocycles. The van der Waals surface area contributed by atoms with Gasteiger partial charge in [-0.05, 0) is 67.1 Å². The van der Waals surface area contributed by atoms with Crippen LogP contribution in [0.4, 0.5) is 4.79 Å². The van der Waals surface area contributed by atoms with Gasteiger partial charge >= 0.3 is 6.16 Å². The van der Waals surface area contributed by atoms with Crippen LogP contribution in [0.15, 0.2) is 30.3 Å². The van der Waals surface area contributed by atoms with Crippen LogP contribution in [-0.2, 0) is 0 Å². The summed E-state index contributed by atoms with van der Waals surface area (Å²) in [5, 5.41) is 8.85. The van der Waals surface area contributed by atoms with E-state index in [0.29, 0.717) is 5.75 Å². The van der Waals surface area contributed by atoms with E-state index in [2.05, 4.69) is 6.92 Å². The van der Waals surface area contributed by atoms with Gasteiger partial charge in [0, 0.05) is 0 Å². The minimum Gasteiger partial charge on any atom is -0.449 e. The Morgan fingerprint density at radius 3 is 2.20 bits per heavy atom. The molecule has 0 bridgehead atoms. The first kappa shape index (κ1) is 14.1. The van der Waals surface area contributed by atoms with Crippen molar-refractivity contribution in [1.82, 2.24) is 0 Å². The van der Waals surface area contributed by atoms with Gasteiger partial charge < -0.3 is 9.84 Å². The smallest absolute Gasteiger partial charge is 0.449 e. The second-order valence-corrected chi connectivity index (χ2v) is 4.98. The summed E-state index contributed by atoms with van der Waals surface area (Å²) in [6.45, 7) is 7.96. The van der Waals surface area contributed by atoms with Crippen LogP contribution in [0.1, 0.15) is 22.3 Å². The summed E-state index contributed by atoms with van der Waals surface area (Å²) in [6.07, 6.45) is -1.29. The standard InChI is InChI=1S/C17H18O3/c1-10-7-5-6-8-14(10)15-9-16(20-17(18)19)13(4)11(2)12(15)3/h5-9H,1-4H3,(H,18,19). The lowest BCUT2D eigenvalue weighted by Crippen LogP contribution is -2.06. The molecule has 0 atom stereocenters. The molecular weight excluding hydrogens is 252 g/mol. The minimum atomic E-state index is -1.29. The third kappa shape index (κ3) is 2.52. The largest absolute Gasteiger partial charge is 0.511 e. The molecule has 0 saturated heterocycles. The van der Waals surface area contributed by atoms with Crippen LogP contribution >= 0.6 is 0 Å². The van der Waals surface area contributed by atoms with E-state index in [1.165, 1.54) is 0 Å². The van der Waals surface area contributed by atoms with Crippen molar-refractivity contribution in [3.05, 3.63) is 52.6 Å². The van der Waals surface area contributed by atoms with Crippen LogP contribution in [0.2, 0.25) is 0 Å². The molecule has 0 aliphatic rings. The Hall–Kier alpha value is -2.29. The summed E-state index contributed by atoms with van der Waals surface area (Å²) in [5.41, 5.74) is 6.34. The fraction of sp³-hybridized carbons (Fsp3) is 0.235. The van der Waals surface area contributed by atoms with Crippen molar-refractivity contribution < 1.29 is 14.6 Å².